The fourth-order valence-corrected chi connectivity index (χ4v) is 4.52. The fourth-order valence-electron chi connectivity index (χ4n) is 4.52. The number of carbonyl (C=O) groups excluding carboxylic acids is 3. The molecule has 4 rings (SSSR count). The SMILES string of the molecule is CN1C(=O)c2cc(C(=O)NCc3cccc(F)c3)nn2CC1(C)C(=O)NC1CCCCCC1. The number of hydrogen-bond acceptors (Lipinski definition) is 4. The standard InChI is InChI=1S/C24H30FN5O3/c1-24(23(33)27-18-10-5-3-4-6-11-18)15-30-20(22(32)29(24)2)13-19(28-30)21(31)26-14-16-8-7-9-17(25)12-16/h7-9,12-13,18H,3-6,10-11,14-15H2,1-2H3,(H,26,31)(H,27,33). The third-order valence-electron chi connectivity index (χ3n) is 6.76. The molecule has 2 heterocycles. The number of nitrogens with zero attached hydrogens (tertiary/aromatic N) is 3. The summed E-state index contributed by atoms with van der Waals surface area (Å²) >= 11 is 0. The first-order valence-electron chi connectivity index (χ1n) is 11.5. The molecule has 1 unspecified atom stereocenters. The zero-order valence-electron chi connectivity index (χ0n) is 19.1. The number of benzene rings is 1. The van der Waals surface area contributed by atoms with Gasteiger partial charge in [0, 0.05) is 25.7 Å². The van der Waals surface area contributed by atoms with Crippen LogP contribution in [0.2, 0.25) is 0 Å². The molecular weight excluding hydrogens is 425 g/mol. The van der Waals surface area contributed by atoms with Crippen LogP contribution in [0.5, 0.6) is 0 Å². The van der Waals surface area contributed by atoms with Crippen molar-refractivity contribution in [3.63, 3.8) is 0 Å². The first-order chi connectivity index (χ1) is 15.8. The highest BCUT2D eigenvalue weighted by Crippen LogP contribution is 2.27. The molecule has 0 radical (unpaired) electrons. The predicted molar refractivity (Wildman–Crippen MR) is 120 cm³/mol. The number of amides is 3. The molecule has 33 heavy (non-hydrogen) atoms. The van der Waals surface area contributed by atoms with Crippen LogP contribution >= 0.6 is 0 Å². The molecule has 0 saturated heterocycles. The Kier molecular flexibility index (Phi) is 6.49. The smallest absolute Gasteiger partial charge is 0.272 e. The topological polar surface area (TPSA) is 96.3 Å². The summed E-state index contributed by atoms with van der Waals surface area (Å²) in [6.07, 6.45) is 6.44. The van der Waals surface area contributed by atoms with Gasteiger partial charge in [-0.1, -0.05) is 37.8 Å². The maximum Gasteiger partial charge on any atom is 0.272 e. The Morgan fingerprint density at radius 2 is 1.91 bits per heavy atom. The zero-order valence-corrected chi connectivity index (χ0v) is 19.1. The van der Waals surface area contributed by atoms with Gasteiger partial charge in [0.2, 0.25) is 5.91 Å². The average Bonchev–Trinajstić information content (AvgIpc) is 3.04. The van der Waals surface area contributed by atoms with Gasteiger partial charge in [0.05, 0.1) is 6.54 Å². The minimum Gasteiger partial charge on any atom is -0.351 e. The summed E-state index contributed by atoms with van der Waals surface area (Å²) in [5, 5.41) is 10.1. The number of hydrogen-bond donors (Lipinski definition) is 2. The summed E-state index contributed by atoms with van der Waals surface area (Å²) in [6, 6.07) is 7.50. The van der Waals surface area contributed by atoms with Gasteiger partial charge in [0.1, 0.15) is 17.1 Å². The Morgan fingerprint density at radius 1 is 1.18 bits per heavy atom. The van der Waals surface area contributed by atoms with Gasteiger partial charge in [-0.3, -0.25) is 19.1 Å². The van der Waals surface area contributed by atoms with Crippen LogP contribution in [-0.2, 0) is 17.9 Å². The van der Waals surface area contributed by atoms with E-state index in [1.54, 1.807) is 26.1 Å². The number of rotatable bonds is 5. The average molecular weight is 456 g/mol. The second kappa shape index (κ2) is 9.33. The Morgan fingerprint density at radius 3 is 2.61 bits per heavy atom. The van der Waals surface area contributed by atoms with Crippen molar-refractivity contribution in [2.24, 2.45) is 0 Å². The van der Waals surface area contributed by atoms with Gasteiger partial charge in [-0.2, -0.15) is 5.10 Å². The van der Waals surface area contributed by atoms with Crippen molar-refractivity contribution in [3.8, 4) is 0 Å². The van der Waals surface area contributed by atoms with Crippen LogP contribution in [0.15, 0.2) is 30.3 Å². The highest BCUT2D eigenvalue weighted by Gasteiger charge is 2.46. The van der Waals surface area contributed by atoms with Crippen LogP contribution in [0.4, 0.5) is 4.39 Å². The summed E-state index contributed by atoms with van der Waals surface area (Å²) in [7, 11) is 1.61. The van der Waals surface area contributed by atoms with E-state index in [1.807, 2.05) is 0 Å². The number of fused-ring (bicyclic) bond motifs is 1. The van der Waals surface area contributed by atoms with Gasteiger partial charge in [-0.15, -0.1) is 0 Å². The van der Waals surface area contributed by atoms with E-state index in [1.165, 1.54) is 40.6 Å². The molecule has 1 aromatic carbocycles. The van der Waals surface area contributed by atoms with Crippen molar-refractivity contribution in [2.45, 2.75) is 70.1 Å². The fraction of sp³-hybridized carbons (Fsp3) is 0.500. The lowest BCUT2D eigenvalue weighted by molar-refractivity contribution is -0.133. The molecule has 0 bridgehead atoms. The molecular formula is C24H30FN5O3. The van der Waals surface area contributed by atoms with Gasteiger partial charge in [0.25, 0.3) is 11.8 Å². The molecule has 8 nitrogen and oxygen atoms in total. The second-order valence-corrected chi connectivity index (χ2v) is 9.19. The third kappa shape index (κ3) is 4.77. The molecule has 2 N–H and O–H groups in total. The Balaban J connectivity index is 1.47. The molecule has 1 aliphatic carbocycles. The van der Waals surface area contributed by atoms with Crippen molar-refractivity contribution >= 4 is 17.7 Å². The van der Waals surface area contributed by atoms with Crippen molar-refractivity contribution in [2.75, 3.05) is 7.05 Å². The third-order valence-corrected chi connectivity index (χ3v) is 6.76. The molecule has 1 aliphatic heterocycles. The lowest BCUT2D eigenvalue weighted by atomic mass is 9.95. The maximum atomic E-state index is 13.4. The van der Waals surface area contributed by atoms with Crippen LogP contribution in [0.3, 0.4) is 0 Å². The van der Waals surface area contributed by atoms with Crippen LogP contribution < -0.4 is 10.6 Å². The highest BCUT2D eigenvalue weighted by atomic mass is 19.1. The molecule has 3 amide bonds. The van der Waals surface area contributed by atoms with Crippen molar-refractivity contribution < 1.29 is 18.8 Å². The van der Waals surface area contributed by atoms with Crippen molar-refractivity contribution in [1.82, 2.24) is 25.3 Å². The Hall–Kier alpha value is -3.23. The lowest BCUT2D eigenvalue weighted by Crippen LogP contribution is -2.63. The van der Waals surface area contributed by atoms with Crippen molar-refractivity contribution in [3.05, 3.63) is 53.1 Å². The predicted octanol–water partition coefficient (Wildman–Crippen LogP) is 2.64. The first kappa shape index (κ1) is 22.9. The monoisotopic (exact) mass is 455 g/mol. The minimum atomic E-state index is -1.11. The van der Waals surface area contributed by atoms with Gasteiger partial charge in [-0.05, 0) is 37.5 Å². The molecule has 1 fully saturated rings. The lowest BCUT2D eigenvalue weighted by Gasteiger charge is -2.41. The van der Waals surface area contributed by atoms with E-state index in [4.69, 9.17) is 0 Å². The Bertz CT molecular complexity index is 1060. The molecule has 9 heteroatoms. The van der Waals surface area contributed by atoms with E-state index < -0.39 is 11.4 Å². The van der Waals surface area contributed by atoms with E-state index in [0.717, 1.165) is 25.7 Å². The quantitative estimate of drug-likeness (QED) is 0.678. The molecule has 0 spiro atoms. The largest absolute Gasteiger partial charge is 0.351 e. The zero-order chi connectivity index (χ0) is 23.6. The number of carbonyl (C=O) groups is 3. The summed E-state index contributed by atoms with van der Waals surface area (Å²) in [6.45, 7) is 2.01. The van der Waals surface area contributed by atoms with Crippen LogP contribution in [-0.4, -0.2) is 51.0 Å². The van der Waals surface area contributed by atoms with Gasteiger partial charge < -0.3 is 15.5 Å². The normalized spacial score (nSPS) is 21.3. The maximum absolute atomic E-state index is 13.4. The number of halogens is 1. The van der Waals surface area contributed by atoms with E-state index in [9.17, 15) is 18.8 Å². The molecule has 2 aliphatic rings. The molecule has 1 atom stereocenters. The van der Waals surface area contributed by atoms with Crippen molar-refractivity contribution in [1.29, 1.82) is 0 Å². The highest BCUT2D eigenvalue weighted by molar-refractivity contribution is 6.01. The first-order valence-corrected chi connectivity index (χ1v) is 11.5. The van der Waals surface area contributed by atoms with Gasteiger partial charge >= 0.3 is 0 Å². The number of aromatic nitrogens is 2. The van der Waals surface area contributed by atoms with E-state index >= 15 is 0 Å². The molecule has 2 aromatic rings. The second-order valence-electron chi connectivity index (χ2n) is 9.19. The Labute approximate surface area is 192 Å². The van der Waals surface area contributed by atoms with Gasteiger partial charge in [-0.25, -0.2) is 4.39 Å². The molecule has 1 saturated carbocycles. The number of likely N-dealkylation sites (N-methyl/N-ethyl adjacent to an activating group) is 1. The summed E-state index contributed by atoms with van der Waals surface area (Å²) in [5.74, 6) is -1.42. The minimum absolute atomic E-state index is 0.0802. The summed E-state index contributed by atoms with van der Waals surface area (Å²) < 4.78 is 14.8. The summed E-state index contributed by atoms with van der Waals surface area (Å²) in [5.41, 5.74) is -0.159. The van der Waals surface area contributed by atoms with Crippen LogP contribution in [0, 0.1) is 5.82 Å². The van der Waals surface area contributed by atoms with E-state index in [-0.39, 0.29) is 48.2 Å². The van der Waals surface area contributed by atoms with E-state index in [2.05, 4.69) is 15.7 Å². The number of nitrogens with one attached hydrogen (secondary N) is 2. The molecule has 176 valence electrons. The van der Waals surface area contributed by atoms with Crippen LogP contribution in [0.1, 0.15) is 72.0 Å². The van der Waals surface area contributed by atoms with Gasteiger partial charge in [0.15, 0.2) is 5.69 Å². The molecule has 1 aromatic heterocycles. The van der Waals surface area contributed by atoms with Crippen LogP contribution in [0.25, 0.3) is 0 Å². The van der Waals surface area contributed by atoms with E-state index in [0.29, 0.717) is 5.56 Å². The summed E-state index contributed by atoms with van der Waals surface area (Å²) in [4.78, 5) is 40.3.